The molecule has 17 nitrogen and oxygen atoms in total. The number of piperazine rings is 3. The molecule has 9 rings (SSSR count). The van der Waals surface area contributed by atoms with Crippen LogP contribution in [0, 0.1) is 22.7 Å². The van der Waals surface area contributed by atoms with Gasteiger partial charge >= 0.3 is 63.3 Å². The largest absolute Gasteiger partial charge is 1.00 e. The van der Waals surface area contributed by atoms with Gasteiger partial charge in [0.2, 0.25) is 0 Å². The zero-order valence-corrected chi connectivity index (χ0v) is 43.6. The number of carboxylic acid groups (broad SMARTS) is 2. The van der Waals surface area contributed by atoms with E-state index in [1.54, 1.807) is 24.7 Å². The Morgan fingerprint density at radius 1 is 0.507 bits per heavy atom. The Kier molecular flexibility index (Phi) is 23.4. The van der Waals surface area contributed by atoms with Crippen molar-refractivity contribution in [3.63, 3.8) is 0 Å². The first-order valence-electron chi connectivity index (χ1n) is 22.6. The molecule has 3 aromatic carbocycles. The van der Waals surface area contributed by atoms with Crippen LogP contribution in [0.4, 0.5) is 17.5 Å². The molecule has 0 amide bonds. The molecule has 0 radical (unpaired) electrons. The molecule has 3 aliphatic heterocycles. The van der Waals surface area contributed by atoms with E-state index in [-0.39, 0.29) is 75.0 Å². The van der Waals surface area contributed by atoms with Crippen LogP contribution in [0.5, 0.6) is 0 Å². The Labute approximate surface area is 457 Å². The van der Waals surface area contributed by atoms with Gasteiger partial charge in [0.05, 0.1) is 34.8 Å². The van der Waals surface area contributed by atoms with Crippen molar-refractivity contribution in [1.82, 2.24) is 29.7 Å². The van der Waals surface area contributed by atoms with Crippen LogP contribution in [0.3, 0.4) is 0 Å². The van der Waals surface area contributed by atoms with Gasteiger partial charge in [-0.25, -0.2) is 24.5 Å². The standard InChI is InChI=1S/2C17H18N4.C17H19N3O.C2H2O4.K.H2O/c2*1-20-10-11-21(17-15(12-18)8-5-9-19-17)16(13-20)14-6-3-2-4-7-14;1-19-10-11-20(17-15(13-21)8-5-9-18-17)16(12-19)14-6-3-2-4-7-14;3-1(4)2(5)6;;/h2*2-9,16H,10-11,13H2,1H3;2-9,13,16H,10-12H2,1H3;(H,3,4)(H,5,6);;1H2/q;;;;+1;/p-1/t3*16-;;;/m111.../s1. The van der Waals surface area contributed by atoms with E-state index in [0.717, 1.165) is 82.6 Å². The monoisotopic (exact) mass is 983 g/mol. The smallest absolute Gasteiger partial charge is 0.870 e. The van der Waals surface area contributed by atoms with E-state index in [4.69, 9.17) is 19.8 Å². The van der Waals surface area contributed by atoms with Crippen LogP contribution in [0.1, 0.15) is 56.3 Å². The molecule has 0 saturated carbocycles. The van der Waals surface area contributed by atoms with Gasteiger partial charge in [-0.3, -0.25) is 4.79 Å². The average molecular weight is 984 g/mol. The van der Waals surface area contributed by atoms with Crippen LogP contribution in [0.15, 0.2) is 146 Å². The second-order valence-corrected chi connectivity index (χ2v) is 16.8. The van der Waals surface area contributed by atoms with Gasteiger partial charge in [0.15, 0.2) is 6.29 Å². The van der Waals surface area contributed by atoms with Crippen molar-refractivity contribution >= 4 is 35.7 Å². The quantitative estimate of drug-likeness (QED) is 0.133. The number of nitrogens with zero attached hydrogens (tertiary/aromatic N) is 11. The van der Waals surface area contributed by atoms with Crippen LogP contribution in [-0.4, -0.2) is 144 Å². The predicted octanol–water partition coefficient (Wildman–Crippen LogP) is 3.26. The average Bonchev–Trinajstić information content (AvgIpc) is 3.40. The number of rotatable bonds is 7. The Morgan fingerprint density at radius 2 is 0.817 bits per heavy atom. The number of benzene rings is 3. The van der Waals surface area contributed by atoms with Crippen molar-refractivity contribution in [2.24, 2.45) is 0 Å². The van der Waals surface area contributed by atoms with Crippen LogP contribution in [-0.2, 0) is 9.59 Å². The number of hydrogen-bond donors (Lipinski definition) is 2. The maximum Gasteiger partial charge on any atom is 1.00 e. The molecule has 71 heavy (non-hydrogen) atoms. The van der Waals surface area contributed by atoms with Gasteiger partial charge < -0.3 is 45.1 Å². The fourth-order valence-electron chi connectivity index (χ4n) is 8.57. The van der Waals surface area contributed by atoms with Gasteiger partial charge in [0, 0.05) is 77.5 Å². The molecule has 0 unspecified atom stereocenters. The zero-order valence-electron chi connectivity index (χ0n) is 40.5. The SMILES string of the molecule is CN1CCN(c2ncccc2C#N)[C@@H](c2ccccc2)C1.CN1CCN(c2ncccc2C#N)[C@@H](c2ccccc2)C1.CN1CCN(c2ncccc2C=O)[C@@H](c2ccccc2)C1.O=C(O)C(=O)O.[K+].[OH-]. The number of carbonyl (C=O) groups excluding carboxylic acids is 1. The van der Waals surface area contributed by atoms with Crippen LogP contribution in [0.2, 0.25) is 0 Å². The Hall–Kier alpha value is -6.42. The van der Waals surface area contributed by atoms with E-state index in [9.17, 15) is 15.3 Å². The first-order valence-corrected chi connectivity index (χ1v) is 22.6. The third kappa shape index (κ3) is 15.8. The molecule has 3 fully saturated rings. The molecule has 3 aliphatic rings. The summed E-state index contributed by atoms with van der Waals surface area (Å²) >= 11 is 0. The van der Waals surface area contributed by atoms with E-state index in [0.29, 0.717) is 16.7 Å². The fourth-order valence-corrected chi connectivity index (χ4v) is 8.57. The molecule has 0 spiro atoms. The van der Waals surface area contributed by atoms with Crippen LogP contribution < -0.4 is 66.1 Å². The molecule has 6 heterocycles. The summed E-state index contributed by atoms with van der Waals surface area (Å²) in [7, 11) is 6.40. The number of anilines is 3. The Morgan fingerprint density at radius 3 is 1.13 bits per heavy atom. The summed E-state index contributed by atoms with van der Waals surface area (Å²) in [6, 6.07) is 47.4. The van der Waals surface area contributed by atoms with Gasteiger partial charge in [0.25, 0.3) is 0 Å². The third-order valence-electron chi connectivity index (χ3n) is 12.1. The van der Waals surface area contributed by atoms with Gasteiger partial charge in [-0.05, 0) is 74.2 Å². The molecule has 3 atom stereocenters. The van der Waals surface area contributed by atoms with Gasteiger partial charge in [0.1, 0.15) is 29.6 Å². The number of pyridine rings is 3. The van der Waals surface area contributed by atoms with Crippen molar-refractivity contribution in [3.8, 4) is 12.1 Å². The Balaban J connectivity index is 0.000000216. The first kappa shape index (κ1) is 57.2. The second kappa shape index (κ2) is 29.0. The van der Waals surface area contributed by atoms with Gasteiger partial charge in [-0.1, -0.05) is 91.0 Å². The molecule has 3 aromatic heterocycles. The molecular formula is C53H58KN11O6. The topological polar surface area (TPSA) is 227 Å². The predicted molar refractivity (Wildman–Crippen MR) is 267 cm³/mol. The minimum Gasteiger partial charge on any atom is -0.870 e. The minimum absolute atomic E-state index is 0. The first-order chi connectivity index (χ1) is 33.5. The van der Waals surface area contributed by atoms with Crippen molar-refractivity contribution in [1.29, 1.82) is 10.5 Å². The maximum absolute atomic E-state index is 11.3. The summed E-state index contributed by atoms with van der Waals surface area (Å²) in [6.07, 6.45) is 6.17. The molecule has 0 bridgehead atoms. The molecule has 0 aliphatic carbocycles. The van der Waals surface area contributed by atoms with Gasteiger partial charge in [-0.2, -0.15) is 10.5 Å². The van der Waals surface area contributed by atoms with Crippen molar-refractivity contribution < 1.29 is 81.5 Å². The fraction of sp³-hybridized carbons (Fsp3) is 0.283. The number of aldehydes is 1. The normalized spacial score (nSPS) is 17.8. The summed E-state index contributed by atoms with van der Waals surface area (Å²) < 4.78 is 0. The minimum atomic E-state index is -1.82. The molecular weight excluding hydrogens is 926 g/mol. The van der Waals surface area contributed by atoms with Crippen molar-refractivity contribution in [2.45, 2.75) is 18.1 Å². The van der Waals surface area contributed by atoms with Crippen LogP contribution >= 0.6 is 0 Å². The van der Waals surface area contributed by atoms with Crippen molar-refractivity contribution in [2.75, 3.05) is 94.7 Å². The molecule has 3 saturated heterocycles. The summed E-state index contributed by atoms with van der Waals surface area (Å²) in [5.74, 6) is -1.27. The summed E-state index contributed by atoms with van der Waals surface area (Å²) in [5.41, 5.74) is 5.72. The number of aliphatic carboxylic acids is 2. The number of carbonyl (C=O) groups is 3. The molecule has 362 valence electrons. The third-order valence-corrected chi connectivity index (χ3v) is 12.1. The van der Waals surface area contributed by atoms with E-state index < -0.39 is 11.9 Å². The van der Waals surface area contributed by atoms with E-state index in [1.807, 2.05) is 48.5 Å². The molecule has 6 aromatic rings. The maximum atomic E-state index is 11.3. The van der Waals surface area contributed by atoms with E-state index in [1.165, 1.54) is 16.7 Å². The molecule has 3 N–H and O–H groups in total. The summed E-state index contributed by atoms with van der Waals surface area (Å²) in [5, 5.41) is 33.4. The van der Waals surface area contributed by atoms with E-state index in [2.05, 4.69) is 150 Å². The number of aromatic nitrogens is 3. The molecule has 18 heteroatoms. The van der Waals surface area contributed by atoms with Gasteiger partial charge in [-0.15, -0.1) is 0 Å². The summed E-state index contributed by atoms with van der Waals surface area (Å²) in [6.45, 7) is 8.35. The number of likely N-dealkylation sites (N-methyl/N-ethyl adjacent to an activating group) is 3. The summed E-state index contributed by atoms with van der Waals surface area (Å²) in [4.78, 5) is 56.6. The van der Waals surface area contributed by atoms with E-state index >= 15 is 0 Å². The number of hydrogen-bond acceptors (Lipinski definition) is 15. The zero-order chi connectivity index (χ0) is 49.1. The van der Waals surface area contributed by atoms with Crippen molar-refractivity contribution in [3.05, 3.63) is 179 Å². The number of nitriles is 2. The Bertz CT molecular complexity index is 2560. The van der Waals surface area contributed by atoms with Crippen LogP contribution in [0.25, 0.3) is 0 Å². The second-order valence-electron chi connectivity index (χ2n) is 16.8. The number of carboxylic acids is 2.